The van der Waals surface area contributed by atoms with Gasteiger partial charge in [0.15, 0.2) is 0 Å². The van der Waals surface area contributed by atoms with Gasteiger partial charge in [-0.3, -0.25) is 4.79 Å². The summed E-state index contributed by atoms with van der Waals surface area (Å²) in [6.07, 6.45) is 0.820. The normalized spacial score (nSPS) is 9.94. The van der Waals surface area contributed by atoms with Crippen molar-refractivity contribution in [2.45, 2.75) is 13.5 Å². The zero-order chi connectivity index (χ0) is 12.1. The third-order valence-corrected chi connectivity index (χ3v) is 2.65. The maximum absolute atomic E-state index is 10.6. The molecule has 0 heterocycles. The molecule has 86 valence electrons. The second kappa shape index (κ2) is 5.30. The molecule has 2 aromatic carbocycles. The van der Waals surface area contributed by atoms with Gasteiger partial charge in [-0.2, -0.15) is 0 Å². The monoisotopic (exact) mass is 226 g/mol. The highest BCUT2D eigenvalue weighted by Crippen LogP contribution is 2.15. The summed E-state index contributed by atoms with van der Waals surface area (Å²) in [5, 5.41) is 0. The van der Waals surface area contributed by atoms with Gasteiger partial charge in [-0.15, -0.1) is 0 Å². The highest BCUT2D eigenvalue weighted by atomic mass is 16.5. The van der Waals surface area contributed by atoms with Gasteiger partial charge in [0.05, 0.1) is 0 Å². The number of carbonyl (C=O) groups is 1. The van der Waals surface area contributed by atoms with E-state index in [2.05, 4.69) is 13.0 Å². The number of carbonyl (C=O) groups excluding carboxylic acids is 1. The summed E-state index contributed by atoms with van der Waals surface area (Å²) >= 11 is 0. The van der Waals surface area contributed by atoms with Crippen LogP contribution in [0.15, 0.2) is 48.5 Å². The molecule has 0 saturated heterocycles. The molecule has 0 aliphatic heterocycles. The first-order chi connectivity index (χ1) is 8.29. The van der Waals surface area contributed by atoms with Crippen LogP contribution < -0.4 is 4.74 Å². The lowest BCUT2D eigenvalue weighted by atomic mass is 10.1. The Hall–Kier alpha value is -2.09. The molecular weight excluding hydrogens is 212 g/mol. The van der Waals surface area contributed by atoms with E-state index in [0.29, 0.717) is 12.2 Å². The molecular formula is C15H14O2. The molecule has 0 radical (unpaired) electrons. The molecule has 17 heavy (non-hydrogen) atoms. The second-order valence-electron chi connectivity index (χ2n) is 3.91. The first-order valence-corrected chi connectivity index (χ1v) is 5.52. The number of benzene rings is 2. The van der Waals surface area contributed by atoms with Gasteiger partial charge in [0.2, 0.25) is 0 Å². The van der Waals surface area contributed by atoms with E-state index in [4.69, 9.17) is 4.74 Å². The minimum absolute atomic E-state index is 0.523. The predicted molar refractivity (Wildman–Crippen MR) is 67.3 cm³/mol. The van der Waals surface area contributed by atoms with Gasteiger partial charge >= 0.3 is 0 Å². The first-order valence-electron chi connectivity index (χ1n) is 5.52. The molecule has 0 atom stereocenters. The maximum atomic E-state index is 10.6. The van der Waals surface area contributed by atoms with Gasteiger partial charge in [0.1, 0.15) is 18.6 Å². The van der Waals surface area contributed by atoms with Gasteiger partial charge in [0, 0.05) is 5.56 Å². The van der Waals surface area contributed by atoms with Crippen molar-refractivity contribution in [1.82, 2.24) is 0 Å². The van der Waals surface area contributed by atoms with E-state index in [1.54, 1.807) is 12.1 Å². The van der Waals surface area contributed by atoms with E-state index in [0.717, 1.165) is 17.6 Å². The molecule has 0 fully saturated rings. The second-order valence-corrected chi connectivity index (χ2v) is 3.91. The minimum Gasteiger partial charge on any atom is -0.489 e. The molecule has 2 rings (SSSR count). The van der Waals surface area contributed by atoms with Crippen LogP contribution in [0.4, 0.5) is 0 Å². The van der Waals surface area contributed by atoms with E-state index < -0.39 is 0 Å². The smallest absolute Gasteiger partial charge is 0.150 e. The lowest BCUT2D eigenvalue weighted by Gasteiger charge is -2.08. The van der Waals surface area contributed by atoms with Crippen LogP contribution in [-0.2, 0) is 6.61 Å². The molecule has 0 unspecified atom stereocenters. The van der Waals surface area contributed by atoms with E-state index >= 15 is 0 Å². The van der Waals surface area contributed by atoms with Crippen LogP contribution in [0.2, 0.25) is 0 Å². The molecule has 2 heteroatoms. The molecule has 0 spiro atoms. The highest BCUT2D eigenvalue weighted by molar-refractivity contribution is 5.75. The molecule has 2 aromatic rings. The summed E-state index contributed by atoms with van der Waals surface area (Å²) in [6, 6.07) is 15.3. The molecule has 0 aromatic heterocycles. The lowest BCUT2D eigenvalue weighted by molar-refractivity contribution is 0.112. The highest BCUT2D eigenvalue weighted by Gasteiger charge is 1.99. The number of rotatable bonds is 4. The van der Waals surface area contributed by atoms with Crippen molar-refractivity contribution >= 4 is 6.29 Å². The quantitative estimate of drug-likeness (QED) is 0.747. The number of ether oxygens (including phenoxy) is 1. The van der Waals surface area contributed by atoms with Crippen LogP contribution in [0.1, 0.15) is 21.5 Å². The zero-order valence-corrected chi connectivity index (χ0v) is 9.72. The van der Waals surface area contributed by atoms with Crippen LogP contribution in [0.25, 0.3) is 0 Å². The van der Waals surface area contributed by atoms with Gasteiger partial charge < -0.3 is 4.74 Å². The van der Waals surface area contributed by atoms with Crippen molar-refractivity contribution in [3.8, 4) is 5.75 Å². The standard InChI is InChI=1S/C15H14O2/c1-12-5-2-3-7-14(12)11-17-15-8-4-6-13(9-15)10-16/h2-10H,11H2,1H3. The van der Waals surface area contributed by atoms with Crippen molar-refractivity contribution in [2.75, 3.05) is 0 Å². The summed E-state index contributed by atoms with van der Waals surface area (Å²) in [7, 11) is 0. The van der Waals surface area contributed by atoms with E-state index in [1.165, 1.54) is 5.56 Å². The zero-order valence-electron chi connectivity index (χ0n) is 9.72. The average molecular weight is 226 g/mol. The van der Waals surface area contributed by atoms with Crippen molar-refractivity contribution in [2.24, 2.45) is 0 Å². The van der Waals surface area contributed by atoms with Gasteiger partial charge in [-0.1, -0.05) is 36.4 Å². The van der Waals surface area contributed by atoms with Crippen molar-refractivity contribution in [3.63, 3.8) is 0 Å². The van der Waals surface area contributed by atoms with E-state index in [1.807, 2.05) is 30.3 Å². The molecule has 2 nitrogen and oxygen atoms in total. The Labute approximate surface area is 101 Å². The fourth-order valence-electron chi connectivity index (χ4n) is 1.61. The molecule has 0 saturated carbocycles. The molecule has 0 bridgehead atoms. The van der Waals surface area contributed by atoms with Crippen LogP contribution in [0.3, 0.4) is 0 Å². The molecule has 0 aliphatic carbocycles. The average Bonchev–Trinajstić information content (AvgIpc) is 2.38. The summed E-state index contributed by atoms with van der Waals surface area (Å²) in [6.45, 7) is 2.58. The number of hydrogen-bond acceptors (Lipinski definition) is 2. The van der Waals surface area contributed by atoms with Crippen LogP contribution >= 0.6 is 0 Å². The fourth-order valence-corrected chi connectivity index (χ4v) is 1.61. The summed E-state index contributed by atoms with van der Waals surface area (Å²) in [4.78, 5) is 10.6. The van der Waals surface area contributed by atoms with Crippen molar-refractivity contribution in [3.05, 3.63) is 65.2 Å². The maximum Gasteiger partial charge on any atom is 0.150 e. The number of aldehydes is 1. The Balaban J connectivity index is 2.07. The van der Waals surface area contributed by atoms with Crippen molar-refractivity contribution < 1.29 is 9.53 Å². The summed E-state index contributed by atoms with van der Waals surface area (Å²) in [5.41, 5.74) is 3.00. The topological polar surface area (TPSA) is 26.3 Å². The van der Waals surface area contributed by atoms with Gasteiger partial charge in [-0.05, 0) is 30.2 Å². The molecule has 0 aliphatic rings. The third-order valence-electron chi connectivity index (χ3n) is 2.65. The van der Waals surface area contributed by atoms with Crippen molar-refractivity contribution in [1.29, 1.82) is 0 Å². The Morgan fingerprint density at radius 3 is 2.71 bits per heavy atom. The number of aryl methyl sites for hydroxylation is 1. The van der Waals surface area contributed by atoms with E-state index in [-0.39, 0.29) is 0 Å². The first kappa shape index (κ1) is 11.4. The lowest BCUT2D eigenvalue weighted by Crippen LogP contribution is -1.97. The Bertz CT molecular complexity index is 518. The fraction of sp³-hybridized carbons (Fsp3) is 0.133. The molecule has 0 N–H and O–H groups in total. The largest absolute Gasteiger partial charge is 0.489 e. The van der Waals surface area contributed by atoms with Gasteiger partial charge in [0.25, 0.3) is 0 Å². The minimum atomic E-state index is 0.523. The Morgan fingerprint density at radius 1 is 1.12 bits per heavy atom. The summed E-state index contributed by atoms with van der Waals surface area (Å²) < 4.78 is 5.66. The van der Waals surface area contributed by atoms with Crippen LogP contribution in [0.5, 0.6) is 5.75 Å². The predicted octanol–water partition coefficient (Wildman–Crippen LogP) is 3.39. The van der Waals surface area contributed by atoms with E-state index in [9.17, 15) is 4.79 Å². The SMILES string of the molecule is Cc1ccccc1COc1cccc(C=O)c1. The van der Waals surface area contributed by atoms with Crippen LogP contribution in [0, 0.1) is 6.92 Å². The third kappa shape index (κ3) is 2.94. The van der Waals surface area contributed by atoms with Crippen LogP contribution in [-0.4, -0.2) is 6.29 Å². The summed E-state index contributed by atoms with van der Waals surface area (Å²) in [5.74, 6) is 0.720. The molecule has 0 amide bonds. The number of hydrogen-bond donors (Lipinski definition) is 0. The van der Waals surface area contributed by atoms with Gasteiger partial charge in [-0.25, -0.2) is 0 Å². The Morgan fingerprint density at radius 2 is 1.94 bits per heavy atom. The Kier molecular flexibility index (Phi) is 3.55.